The Morgan fingerprint density at radius 3 is 2.68 bits per heavy atom. The number of aromatic nitrogens is 3. The Labute approximate surface area is 146 Å². The van der Waals surface area contributed by atoms with E-state index in [2.05, 4.69) is 34.6 Å². The minimum Gasteiger partial charge on any atom is -0.484 e. The lowest BCUT2D eigenvalue weighted by atomic mass is 10.2. The van der Waals surface area contributed by atoms with E-state index < -0.39 is 0 Å². The van der Waals surface area contributed by atoms with Crippen LogP contribution in [0, 0.1) is 6.92 Å². The molecule has 7 nitrogen and oxygen atoms in total. The number of pyridine rings is 1. The molecular formula is C18H21N5O2. The van der Waals surface area contributed by atoms with Gasteiger partial charge in [0.05, 0.1) is 11.4 Å². The van der Waals surface area contributed by atoms with Crippen molar-refractivity contribution in [1.82, 2.24) is 14.6 Å². The van der Waals surface area contributed by atoms with Crippen LogP contribution < -0.4 is 15.4 Å². The zero-order valence-corrected chi connectivity index (χ0v) is 14.5. The van der Waals surface area contributed by atoms with Crippen LogP contribution in [-0.2, 0) is 4.79 Å². The van der Waals surface area contributed by atoms with Gasteiger partial charge in [-0.05, 0) is 45.0 Å². The van der Waals surface area contributed by atoms with E-state index in [1.807, 2.05) is 37.3 Å². The highest BCUT2D eigenvalue weighted by molar-refractivity contribution is 5.90. The van der Waals surface area contributed by atoms with E-state index in [1.165, 1.54) is 0 Å². The Kier molecular flexibility index (Phi) is 4.83. The van der Waals surface area contributed by atoms with Gasteiger partial charge in [-0.15, -0.1) is 5.10 Å². The van der Waals surface area contributed by atoms with Gasteiger partial charge in [-0.3, -0.25) is 10.1 Å². The number of hydrogen-bond donors (Lipinski definition) is 2. The molecule has 0 aliphatic carbocycles. The van der Waals surface area contributed by atoms with E-state index >= 15 is 0 Å². The van der Waals surface area contributed by atoms with Gasteiger partial charge < -0.3 is 10.1 Å². The van der Waals surface area contributed by atoms with Crippen molar-refractivity contribution in [3.05, 3.63) is 48.2 Å². The number of amides is 1. The van der Waals surface area contributed by atoms with Crippen molar-refractivity contribution in [3.8, 4) is 5.75 Å². The second-order valence-electron chi connectivity index (χ2n) is 5.99. The number of rotatable bonds is 6. The lowest BCUT2D eigenvalue weighted by Gasteiger charge is -2.12. The van der Waals surface area contributed by atoms with E-state index in [1.54, 1.807) is 16.6 Å². The molecule has 0 atom stereocenters. The van der Waals surface area contributed by atoms with Crippen LogP contribution in [0.1, 0.15) is 19.5 Å². The molecule has 3 rings (SSSR count). The summed E-state index contributed by atoms with van der Waals surface area (Å²) in [7, 11) is 0. The number of ether oxygens (including phenoxy) is 1. The molecule has 2 heterocycles. The van der Waals surface area contributed by atoms with Crippen LogP contribution >= 0.6 is 0 Å². The molecule has 0 spiro atoms. The summed E-state index contributed by atoms with van der Waals surface area (Å²) < 4.78 is 7.12. The van der Waals surface area contributed by atoms with Crippen molar-refractivity contribution in [2.45, 2.75) is 26.8 Å². The Bertz CT molecular complexity index is 874. The fraction of sp³-hybridized carbons (Fsp3) is 0.278. The molecule has 0 aliphatic heterocycles. The van der Waals surface area contributed by atoms with Gasteiger partial charge in [-0.1, -0.05) is 18.2 Å². The first-order valence-electron chi connectivity index (χ1n) is 8.13. The molecule has 0 saturated carbocycles. The standard InChI is InChI=1S/C18H21N5O2/c1-12(2)19-15-9-10-16-20-18(22-23(16)13(15)3)21-17(24)11-25-14-7-5-4-6-8-14/h4-10,12,19H,11H2,1-3H3,(H,21,22,24). The number of benzene rings is 1. The number of para-hydroxylation sites is 1. The fourth-order valence-electron chi connectivity index (χ4n) is 2.41. The van der Waals surface area contributed by atoms with Crippen LogP contribution in [0.2, 0.25) is 0 Å². The highest BCUT2D eigenvalue weighted by Crippen LogP contribution is 2.18. The number of carbonyl (C=O) groups is 1. The third kappa shape index (κ3) is 4.06. The molecule has 0 saturated heterocycles. The van der Waals surface area contributed by atoms with Gasteiger partial charge in [0.25, 0.3) is 5.91 Å². The molecule has 3 aromatic rings. The molecule has 7 heteroatoms. The molecule has 0 radical (unpaired) electrons. The van der Waals surface area contributed by atoms with Crippen molar-refractivity contribution in [3.63, 3.8) is 0 Å². The predicted molar refractivity (Wildman–Crippen MR) is 97.0 cm³/mol. The monoisotopic (exact) mass is 339 g/mol. The molecule has 2 N–H and O–H groups in total. The van der Waals surface area contributed by atoms with E-state index in [9.17, 15) is 4.79 Å². The van der Waals surface area contributed by atoms with Gasteiger partial charge in [-0.2, -0.15) is 4.98 Å². The zero-order chi connectivity index (χ0) is 17.8. The van der Waals surface area contributed by atoms with E-state index in [0.717, 1.165) is 11.4 Å². The number of nitrogens with one attached hydrogen (secondary N) is 2. The van der Waals surface area contributed by atoms with Crippen LogP contribution in [0.4, 0.5) is 11.6 Å². The first-order valence-corrected chi connectivity index (χ1v) is 8.13. The number of carbonyl (C=O) groups excluding carboxylic acids is 1. The number of hydrogen-bond acceptors (Lipinski definition) is 5. The molecule has 0 bridgehead atoms. The summed E-state index contributed by atoms with van der Waals surface area (Å²) in [6, 6.07) is 13.3. The van der Waals surface area contributed by atoms with Gasteiger partial charge in [0, 0.05) is 6.04 Å². The summed E-state index contributed by atoms with van der Waals surface area (Å²) in [4.78, 5) is 16.3. The van der Waals surface area contributed by atoms with Crippen LogP contribution in [0.5, 0.6) is 5.75 Å². The molecule has 130 valence electrons. The Balaban J connectivity index is 1.69. The Morgan fingerprint density at radius 2 is 1.96 bits per heavy atom. The van der Waals surface area contributed by atoms with Crippen molar-refractivity contribution < 1.29 is 9.53 Å². The maximum atomic E-state index is 12.0. The topological polar surface area (TPSA) is 80.5 Å². The van der Waals surface area contributed by atoms with Crippen LogP contribution in [0.15, 0.2) is 42.5 Å². The van der Waals surface area contributed by atoms with E-state index in [4.69, 9.17) is 4.74 Å². The summed E-state index contributed by atoms with van der Waals surface area (Å²) in [6.45, 7) is 6.00. The predicted octanol–water partition coefficient (Wildman–Crippen LogP) is 2.88. The number of nitrogens with zero attached hydrogens (tertiary/aromatic N) is 3. The SMILES string of the molecule is Cc1c(NC(C)C)ccc2nc(NC(=O)COc3ccccc3)nn12. The van der Waals surface area contributed by atoms with E-state index in [0.29, 0.717) is 17.4 Å². The summed E-state index contributed by atoms with van der Waals surface area (Å²) >= 11 is 0. The largest absolute Gasteiger partial charge is 0.484 e. The first-order chi connectivity index (χ1) is 12.0. The average molecular weight is 339 g/mol. The van der Waals surface area contributed by atoms with Gasteiger partial charge in [0.1, 0.15) is 5.75 Å². The molecule has 25 heavy (non-hydrogen) atoms. The Hall–Kier alpha value is -3.09. The lowest BCUT2D eigenvalue weighted by molar-refractivity contribution is -0.118. The molecular weight excluding hydrogens is 318 g/mol. The lowest BCUT2D eigenvalue weighted by Crippen LogP contribution is -2.20. The van der Waals surface area contributed by atoms with Crippen molar-refractivity contribution in [1.29, 1.82) is 0 Å². The zero-order valence-electron chi connectivity index (χ0n) is 14.5. The average Bonchev–Trinajstić information content (AvgIpc) is 2.99. The summed E-state index contributed by atoms with van der Waals surface area (Å²) in [5.41, 5.74) is 2.59. The summed E-state index contributed by atoms with van der Waals surface area (Å²) in [5.74, 6) is 0.588. The smallest absolute Gasteiger partial charge is 0.264 e. The number of anilines is 2. The van der Waals surface area contributed by atoms with E-state index in [-0.39, 0.29) is 18.5 Å². The second kappa shape index (κ2) is 7.21. The normalized spacial score (nSPS) is 10.9. The molecule has 0 aliphatic rings. The number of fused-ring (bicyclic) bond motifs is 1. The van der Waals surface area contributed by atoms with Crippen LogP contribution in [-0.4, -0.2) is 33.2 Å². The van der Waals surface area contributed by atoms with Crippen molar-refractivity contribution in [2.24, 2.45) is 0 Å². The van der Waals surface area contributed by atoms with Crippen LogP contribution in [0.3, 0.4) is 0 Å². The highest BCUT2D eigenvalue weighted by atomic mass is 16.5. The molecule has 2 aromatic heterocycles. The molecule has 0 fully saturated rings. The number of aryl methyl sites for hydroxylation is 1. The van der Waals surface area contributed by atoms with Gasteiger partial charge in [-0.25, -0.2) is 4.52 Å². The minimum absolute atomic E-state index is 0.0985. The highest BCUT2D eigenvalue weighted by Gasteiger charge is 2.12. The van der Waals surface area contributed by atoms with Gasteiger partial charge in [0.15, 0.2) is 12.3 Å². The molecule has 0 unspecified atom stereocenters. The fourth-order valence-corrected chi connectivity index (χ4v) is 2.41. The Morgan fingerprint density at radius 1 is 1.20 bits per heavy atom. The molecule has 1 amide bonds. The molecule has 1 aromatic carbocycles. The van der Waals surface area contributed by atoms with Gasteiger partial charge >= 0.3 is 0 Å². The van der Waals surface area contributed by atoms with Gasteiger partial charge in [0.2, 0.25) is 5.95 Å². The van der Waals surface area contributed by atoms with Crippen LogP contribution in [0.25, 0.3) is 5.65 Å². The first kappa shape index (κ1) is 16.8. The van der Waals surface area contributed by atoms with Crippen molar-refractivity contribution in [2.75, 3.05) is 17.2 Å². The third-order valence-electron chi connectivity index (χ3n) is 3.55. The summed E-state index contributed by atoms with van der Waals surface area (Å²) in [6.07, 6.45) is 0. The quantitative estimate of drug-likeness (QED) is 0.722. The third-order valence-corrected chi connectivity index (χ3v) is 3.55. The van der Waals surface area contributed by atoms with Crippen molar-refractivity contribution >= 4 is 23.2 Å². The maximum Gasteiger partial charge on any atom is 0.264 e. The summed E-state index contributed by atoms with van der Waals surface area (Å²) in [5, 5.41) is 10.4. The maximum absolute atomic E-state index is 12.0. The second-order valence-corrected chi connectivity index (χ2v) is 5.99. The minimum atomic E-state index is -0.307.